The second-order valence-corrected chi connectivity index (χ2v) is 15.8. The average Bonchev–Trinajstić information content (AvgIpc) is 3.91. The Morgan fingerprint density at radius 3 is 1.29 bits per heavy atom. The van der Waals surface area contributed by atoms with Gasteiger partial charge in [0.2, 0.25) is 5.89 Å². The Labute approximate surface area is 346 Å². The first-order valence-electron chi connectivity index (χ1n) is 19.9. The van der Waals surface area contributed by atoms with Crippen LogP contribution in [0, 0.1) is 0 Å². The molecule has 3 nitrogen and oxygen atoms in total. The minimum atomic E-state index is 0.614. The molecule has 0 aliphatic heterocycles. The maximum Gasteiger partial charge on any atom is 0.227 e. The van der Waals surface area contributed by atoms with Crippen LogP contribution in [-0.2, 0) is 0 Å². The van der Waals surface area contributed by atoms with Crippen molar-refractivity contribution in [2.75, 3.05) is 4.90 Å². The third-order valence-electron chi connectivity index (χ3n) is 11.1. The lowest BCUT2D eigenvalue weighted by Crippen LogP contribution is -2.09. The molecule has 11 aromatic rings. The molecule has 0 amide bonds. The summed E-state index contributed by atoms with van der Waals surface area (Å²) in [5.41, 5.74) is 15.1. The molecule has 9 aromatic carbocycles. The minimum absolute atomic E-state index is 0.614. The maximum absolute atomic E-state index is 6.81. The Balaban J connectivity index is 1.02. The van der Waals surface area contributed by atoms with Crippen molar-refractivity contribution in [2.24, 2.45) is 0 Å². The van der Waals surface area contributed by atoms with Gasteiger partial charge in [0.25, 0.3) is 0 Å². The minimum Gasteiger partial charge on any atom is -0.435 e. The van der Waals surface area contributed by atoms with Crippen LogP contribution >= 0.6 is 11.3 Å². The molecule has 0 aliphatic carbocycles. The van der Waals surface area contributed by atoms with Crippen molar-refractivity contribution >= 4 is 59.7 Å². The van der Waals surface area contributed by atoms with Gasteiger partial charge in [0, 0.05) is 48.4 Å². The molecular weight excluding hydrogens is 737 g/mol. The summed E-state index contributed by atoms with van der Waals surface area (Å²) in [5, 5.41) is 2.41. The summed E-state index contributed by atoms with van der Waals surface area (Å²) in [5.74, 6) is 0.614. The Bertz CT molecular complexity index is 3130. The summed E-state index contributed by atoms with van der Waals surface area (Å²) in [6.07, 6.45) is 0. The van der Waals surface area contributed by atoms with Gasteiger partial charge in [-0.3, -0.25) is 0 Å². The van der Waals surface area contributed by atoms with Crippen LogP contribution in [0.25, 0.3) is 87.2 Å². The molecule has 0 atom stereocenters. The largest absolute Gasteiger partial charge is 0.435 e. The third-order valence-corrected chi connectivity index (χ3v) is 12.3. The van der Waals surface area contributed by atoms with Crippen molar-refractivity contribution in [3.8, 4) is 56.0 Å². The van der Waals surface area contributed by atoms with Crippen LogP contribution < -0.4 is 4.90 Å². The zero-order chi connectivity index (χ0) is 39.1. The lowest BCUT2D eigenvalue weighted by molar-refractivity contribution is 0.621. The molecule has 278 valence electrons. The number of hydrogen-bond acceptors (Lipinski definition) is 4. The zero-order valence-electron chi connectivity index (χ0n) is 32.0. The Morgan fingerprint density at radius 1 is 0.373 bits per heavy atom. The van der Waals surface area contributed by atoms with E-state index in [9.17, 15) is 0 Å². The van der Waals surface area contributed by atoms with Gasteiger partial charge in [-0.25, -0.2) is 4.98 Å². The van der Waals surface area contributed by atoms with Crippen molar-refractivity contribution in [1.29, 1.82) is 0 Å². The molecule has 59 heavy (non-hydrogen) atoms. The molecule has 0 unspecified atom stereocenters. The fraction of sp³-hybridized carbons (Fsp3) is 0. The standard InChI is InChI=1S/C55H36N2OS/c1-4-12-37(13-5-1)40-20-22-44(23-21-40)55-56-49-36-51-53(48-18-10-11-19-50(48)59-51)52(54(49)58-55)43-28-34-47(35-29-43)57(45-30-24-41(25-31-45)38-14-6-2-7-15-38)46-32-26-42(27-33-46)39-16-8-3-9-17-39/h1-36H. The quantitative estimate of drug-likeness (QED) is 0.154. The molecular formula is C55H36N2OS. The van der Waals surface area contributed by atoms with E-state index in [1.54, 1.807) is 11.3 Å². The van der Waals surface area contributed by atoms with E-state index >= 15 is 0 Å². The Hall–Kier alpha value is -7.53. The number of hydrogen-bond donors (Lipinski definition) is 0. The second kappa shape index (κ2) is 14.8. The fourth-order valence-corrected chi connectivity index (χ4v) is 9.34. The van der Waals surface area contributed by atoms with Gasteiger partial charge in [-0.05, 0) is 99.6 Å². The smallest absolute Gasteiger partial charge is 0.227 e. The van der Waals surface area contributed by atoms with E-state index in [4.69, 9.17) is 9.40 Å². The summed E-state index contributed by atoms with van der Waals surface area (Å²) in [7, 11) is 0. The van der Waals surface area contributed by atoms with Crippen LogP contribution in [0.3, 0.4) is 0 Å². The highest BCUT2D eigenvalue weighted by atomic mass is 32.1. The van der Waals surface area contributed by atoms with Crippen LogP contribution in [0.1, 0.15) is 0 Å². The first kappa shape index (κ1) is 34.7. The monoisotopic (exact) mass is 772 g/mol. The van der Waals surface area contributed by atoms with Gasteiger partial charge >= 0.3 is 0 Å². The van der Waals surface area contributed by atoms with Crippen molar-refractivity contribution < 1.29 is 4.42 Å². The van der Waals surface area contributed by atoms with Gasteiger partial charge in [-0.2, -0.15) is 0 Å². The third kappa shape index (κ3) is 6.46. The zero-order valence-corrected chi connectivity index (χ0v) is 32.8. The lowest BCUT2D eigenvalue weighted by atomic mass is 9.97. The van der Waals surface area contributed by atoms with E-state index in [-0.39, 0.29) is 0 Å². The van der Waals surface area contributed by atoms with E-state index in [2.05, 4.69) is 217 Å². The van der Waals surface area contributed by atoms with Gasteiger partial charge in [0.1, 0.15) is 5.52 Å². The highest BCUT2D eigenvalue weighted by Gasteiger charge is 2.21. The SMILES string of the molecule is c1ccc(-c2ccc(-c3nc4cc5sc6ccccc6c5c(-c5ccc(N(c6ccc(-c7ccccc7)cc6)c6ccc(-c7ccccc7)cc6)cc5)c4o3)cc2)cc1. The molecule has 0 radical (unpaired) electrons. The predicted octanol–water partition coefficient (Wildman–Crippen LogP) is 16.0. The number of anilines is 3. The number of fused-ring (bicyclic) bond motifs is 4. The molecule has 0 aliphatic rings. The van der Waals surface area contributed by atoms with E-state index < -0.39 is 0 Å². The molecule has 0 bridgehead atoms. The van der Waals surface area contributed by atoms with Crippen LogP contribution in [0.2, 0.25) is 0 Å². The molecule has 2 aromatic heterocycles. The van der Waals surface area contributed by atoms with Gasteiger partial charge in [-0.1, -0.05) is 158 Å². The molecule has 11 rings (SSSR count). The molecule has 0 spiro atoms. The number of aromatic nitrogens is 1. The number of oxazole rings is 1. The Morgan fingerprint density at radius 2 is 0.780 bits per heavy atom. The van der Waals surface area contributed by atoms with E-state index in [0.717, 1.165) is 50.4 Å². The van der Waals surface area contributed by atoms with Crippen LogP contribution in [0.15, 0.2) is 223 Å². The molecule has 0 fully saturated rings. The molecule has 4 heteroatoms. The molecule has 2 heterocycles. The molecule has 0 saturated carbocycles. The number of benzene rings is 9. The van der Waals surface area contributed by atoms with Crippen LogP contribution in [0.4, 0.5) is 17.1 Å². The van der Waals surface area contributed by atoms with E-state index in [1.165, 1.54) is 48.0 Å². The normalized spacial score (nSPS) is 11.4. The first-order chi connectivity index (χ1) is 29.2. The van der Waals surface area contributed by atoms with Gasteiger partial charge in [-0.15, -0.1) is 11.3 Å². The summed E-state index contributed by atoms with van der Waals surface area (Å²) in [6.45, 7) is 0. The number of nitrogens with zero attached hydrogens (tertiary/aromatic N) is 2. The van der Waals surface area contributed by atoms with E-state index in [0.29, 0.717) is 5.89 Å². The molecule has 0 saturated heterocycles. The van der Waals surface area contributed by atoms with Crippen molar-refractivity contribution in [2.45, 2.75) is 0 Å². The van der Waals surface area contributed by atoms with Crippen molar-refractivity contribution in [3.05, 3.63) is 218 Å². The second-order valence-electron chi connectivity index (χ2n) is 14.7. The maximum atomic E-state index is 6.81. The van der Waals surface area contributed by atoms with Gasteiger partial charge in [0.15, 0.2) is 5.58 Å². The lowest BCUT2D eigenvalue weighted by Gasteiger charge is -2.26. The summed E-state index contributed by atoms with van der Waals surface area (Å²) >= 11 is 1.80. The Kier molecular flexibility index (Phi) is 8.68. The van der Waals surface area contributed by atoms with Crippen LogP contribution in [0.5, 0.6) is 0 Å². The summed E-state index contributed by atoms with van der Waals surface area (Å²) in [4.78, 5) is 7.44. The van der Waals surface area contributed by atoms with Crippen molar-refractivity contribution in [1.82, 2.24) is 4.98 Å². The number of rotatable bonds is 8. The number of thiophene rings is 1. The first-order valence-corrected chi connectivity index (χ1v) is 20.7. The van der Waals surface area contributed by atoms with Crippen molar-refractivity contribution in [3.63, 3.8) is 0 Å². The average molecular weight is 773 g/mol. The van der Waals surface area contributed by atoms with E-state index in [1.807, 2.05) is 6.07 Å². The molecule has 0 N–H and O–H groups in total. The van der Waals surface area contributed by atoms with Gasteiger partial charge < -0.3 is 9.32 Å². The summed E-state index contributed by atoms with van der Waals surface area (Å²) < 4.78 is 9.24. The highest BCUT2D eigenvalue weighted by molar-refractivity contribution is 7.26. The van der Waals surface area contributed by atoms with Gasteiger partial charge in [0.05, 0.1) is 0 Å². The fourth-order valence-electron chi connectivity index (χ4n) is 8.20. The van der Waals surface area contributed by atoms with Crippen LogP contribution in [-0.4, -0.2) is 4.98 Å². The topological polar surface area (TPSA) is 29.3 Å². The highest BCUT2D eigenvalue weighted by Crippen LogP contribution is 2.46. The predicted molar refractivity (Wildman–Crippen MR) is 249 cm³/mol. The summed E-state index contributed by atoms with van der Waals surface area (Å²) in [6, 6.07) is 77.4.